The number of amides is 1. The van der Waals surface area contributed by atoms with Crippen LogP contribution in [0.4, 0.5) is 0 Å². The van der Waals surface area contributed by atoms with Crippen LogP contribution in [0.2, 0.25) is 0 Å². The summed E-state index contributed by atoms with van der Waals surface area (Å²) in [5, 5.41) is 3.41. The van der Waals surface area contributed by atoms with Gasteiger partial charge in [0.1, 0.15) is 0 Å². The molecule has 0 atom stereocenters. The summed E-state index contributed by atoms with van der Waals surface area (Å²) in [5.74, 6) is 1.75. The topological polar surface area (TPSA) is 50.8 Å². The first kappa shape index (κ1) is 19.1. The summed E-state index contributed by atoms with van der Waals surface area (Å²) in [4.78, 5) is 13.9. The number of nitrogens with one attached hydrogen (secondary N) is 1. The number of benzene rings is 1. The SMILES string of the molecule is CCOc1c(Br)cc(CNCCN2CCCCCC2=O)cc1OC. The van der Waals surface area contributed by atoms with Crippen LogP contribution in [0, 0.1) is 0 Å². The van der Waals surface area contributed by atoms with Gasteiger partial charge < -0.3 is 19.7 Å². The highest BCUT2D eigenvalue weighted by atomic mass is 79.9. The Morgan fingerprint density at radius 1 is 1.29 bits per heavy atom. The Hall–Kier alpha value is -1.27. The molecule has 0 aromatic heterocycles. The average Bonchev–Trinajstić information content (AvgIpc) is 2.78. The van der Waals surface area contributed by atoms with Crippen molar-refractivity contribution in [1.82, 2.24) is 10.2 Å². The summed E-state index contributed by atoms with van der Waals surface area (Å²) >= 11 is 3.54. The average molecular weight is 399 g/mol. The largest absolute Gasteiger partial charge is 0.493 e. The molecule has 5 nitrogen and oxygen atoms in total. The highest BCUT2D eigenvalue weighted by Crippen LogP contribution is 2.36. The molecule has 1 aromatic rings. The lowest BCUT2D eigenvalue weighted by atomic mass is 10.2. The summed E-state index contributed by atoms with van der Waals surface area (Å²) in [6, 6.07) is 4.03. The van der Waals surface area contributed by atoms with E-state index in [1.165, 1.54) is 0 Å². The molecule has 1 aromatic carbocycles. The Bertz CT molecular complexity index is 551. The van der Waals surface area contributed by atoms with Gasteiger partial charge in [0, 0.05) is 32.6 Å². The van der Waals surface area contributed by atoms with E-state index in [1.54, 1.807) is 7.11 Å². The second kappa shape index (κ2) is 9.89. The maximum absolute atomic E-state index is 12.0. The zero-order chi connectivity index (χ0) is 17.4. The molecule has 0 radical (unpaired) electrons. The molecule has 0 saturated carbocycles. The molecule has 6 heteroatoms. The summed E-state index contributed by atoms with van der Waals surface area (Å²) in [5.41, 5.74) is 1.12. The number of hydrogen-bond donors (Lipinski definition) is 1. The molecule has 0 aliphatic carbocycles. The summed E-state index contributed by atoms with van der Waals surface area (Å²) in [6.45, 7) is 5.72. The van der Waals surface area contributed by atoms with Crippen molar-refractivity contribution in [3.05, 3.63) is 22.2 Å². The quantitative estimate of drug-likeness (QED) is 0.682. The van der Waals surface area contributed by atoms with Crippen LogP contribution in [-0.4, -0.2) is 44.2 Å². The van der Waals surface area contributed by atoms with Crippen molar-refractivity contribution in [1.29, 1.82) is 0 Å². The van der Waals surface area contributed by atoms with Gasteiger partial charge in [-0.05, 0) is 53.4 Å². The first-order valence-corrected chi connectivity index (χ1v) is 9.42. The van der Waals surface area contributed by atoms with E-state index in [0.29, 0.717) is 18.9 Å². The van der Waals surface area contributed by atoms with E-state index in [1.807, 2.05) is 24.0 Å². The second-order valence-electron chi connectivity index (χ2n) is 5.91. The second-order valence-corrected chi connectivity index (χ2v) is 6.76. The Balaban J connectivity index is 1.85. The molecule has 1 aliphatic rings. The van der Waals surface area contributed by atoms with Crippen LogP contribution in [0.3, 0.4) is 0 Å². The van der Waals surface area contributed by atoms with Gasteiger partial charge in [0.2, 0.25) is 5.91 Å². The smallest absolute Gasteiger partial charge is 0.222 e. The fraction of sp³-hybridized carbons (Fsp3) is 0.611. The van der Waals surface area contributed by atoms with Crippen LogP contribution in [-0.2, 0) is 11.3 Å². The minimum atomic E-state index is 0.291. The summed E-state index contributed by atoms with van der Waals surface area (Å²) in [6.07, 6.45) is 4.01. The van der Waals surface area contributed by atoms with Gasteiger partial charge in [-0.2, -0.15) is 0 Å². The molecule has 0 bridgehead atoms. The fourth-order valence-electron chi connectivity index (χ4n) is 2.88. The fourth-order valence-corrected chi connectivity index (χ4v) is 3.49. The number of nitrogens with zero attached hydrogens (tertiary/aromatic N) is 1. The van der Waals surface area contributed by atoms with Gasteiger partial charge in [-0.1, -0.05) is 6.42 Å². The first-order valence-electron chi connectivity index (χ1n) is 8.63. The number of hydrogen-bond acceptors (Lipinski definition) is 4. The van der Waals surface area contributed by atoms with Crippen molar-refractivity contribution in [2.75, 3.05) is 33.4 Å². The van der Waals surface area contributed by atoms with E-state index in [4.69, 9.17) is 9.47 Å². The summed E-state index contributed by atoms with van der Waals surface area (Å²) in [7, 11) is 1.65. The monoisotopic (exact) mass is 398 g/mol. The van der Waals surface area contributed by atoms with Crippen LogP contribution in [0.15, 0.2) is 16.6 Å². The molecule has 134 valence electrons. The zero-order valence-electron chi connectivity index (χ0n) is 14.6. The van der Waals surface area contributed by atoms with Crippen molar-refractivity contribution >= 4 is 21.8 Å². The van der Waals surface area contributed by atoms with Crippen LogP contribution in [0.1, 0.15) is 38.2 Å². The van der Waals surface area contributed by atoms with Gasteiger partial charge in [0.05, 0.1) is 18.2 Å². The van der Waals surface area contributed by atoms with Crippen molar-refractivity contribution in [2.24, 2.45) is 0 Å². The molecular formula is C18H27BrN2O3. The van der Waals surface area contributed by atoms with Crippen molar-refractivity contribution in [2.45, 2.75) is 39.2 Å². The first-order chi connectivity index (χ1) is 11.7. The number of carbonyl (C=O) groups excluding carboxylic acids is 1. The van der Waals surface area contributed by atoms with E-state index < -0.39 is 0 Å². The minimum Gasteiger partial charge on any atom is -0.493 e. The predicted octanol–water partition coefficient (Wildman–Crippen LogP) is 3.35. The molecule has 1 aliphatic heterocycles. The van der Waals surface area contributed by atoms with E-state index in [9.17, 15) is 4.79 Å². The Kier molecular flexibility index (Phi) is 7.85. The number of rotatable bonds is 8. The number of methoxy groups -OCH3 is 1. The van der Waals surface area contributed by atoms with E-state index in [0.717, 1.165) is 67.0 Å². The maximum Gasteiger partial charge on any atom is 0.222 e. The molecule has 2 rings (SSSR count). The Morgan fingerprint density at radius 2 is 2.12 bits per heavy atom. The van der Waals surface area contributed by atoms with Gasteiger partial charge in [-0.25, -0.2) is 0 Å². The highest BCUT2D eigenvalue weighted by Gasteiger charge is 2.16. The maximum atomic E-state index is 12.0. The standard InChI is InChI=1S/C18H27BrN2O3/c1-3-24-18-15(19)11-14(12-16(18)23-2)13-20-8-10-21-9-6-4-5-7-17(21)22/h11-12,20H,3-10,13H2,1-2H3. The number of likely N-dealkylation sites (tertiary alicyclic amines) is 1. The molecule has 1 fully saturated rings. The summed E-state index contributed by atoms with van der Waals surface area (Å²) < 4.78 is 11.9. The van der Waals surface area contributed by atoms with Crippen LogP contribution >= 0.6 is 15.9 Å². The third kappa shape index (κ3) is 5.38. The van der Waals surface area contributed by atoms with Gasteiger partial charge >= 0.3 is 0 Å². The van der Waals surface area contributed by atoms with E-state index in [-0.39, 0.29) is 0 Å². The molecule has 1 amide bonds. The van der Waals surface area contributed by atoms with E-state index in [2.05, 4.69) is 21.2 Å². The number of halogens is 1. The van der Waals surface area contributed by atoms with Gasteiger partial charge in [0.15, 0.2) is 11.5 Å². The van der Waals surface area contributed by atoms with Crippen molar-refractivity contribution < 1.29 is 14.3 Å². The Morgan fingerprint density at radius 3 is 2.88 bits per heavy atom. The lowest BCUT2D eigenvalue weighted by Crippen LogP contribution is -2.36. The molecule has 1 N–H and O–H groups in total. The Labute approximate surface area is 152 Å². The van der Waals surface area contributed by atoms with Crippen molar-refractivity contribution in [3.8, 4) is 11.5 Å². The molecule has 1 saturated heterocycles. The van der Waals surface area contributed by atoms with Crippen LogP contribution in [0.25, 0.3) is 0 Å². The van der Waals surface area contributed by atoms with Crippen LogP contribution in [0.5, 0.6) is 11.5 Å². The lowest BCUT2D eigenvalue weighted by molar-refractivity contribution is -0.130. The molecule has 0 unspecified atom stereocenters. The normalized spacial score (nSPS) is 15.3. The van der Waals surface area contributed by atoms with Crippen molar-refractivity contribution in [3.63, 3.8) is 0 Å². The predicted molar refractivity (Wildman–Crippen MR) is 98.6 cm³/mol. The van der Waals surface area contributed by atoms with Gasteiger partial charge in [-0.15, -0.1) is 0 Å². The minimum absolute atomic E-state index is 0.291. The molecular weight excluding hydrogens is 372 g/mol. The van der Waals surface area contributed by atoms with E-state index >= 15 is 0 Å². The van der Waals surface area contributed by atoms with Crippen LogP contribution < -0.4 is 14.8 Å². The van der Waals surface area contributed by atoms with Gasteiger partial charge in [0.25, 0.3) is 0 Å². The molecule has 1 heterocycles. The van der Waals surface area contributed by atoms with Gasteiger partial charge in [-0.3, -0.25) is 4.79 Å². The highest BCUT2D eigenvalue weighted by molar-refractivity contribution is 9.10. The number of carbonyl (C=O) groups is 1. The third-order valence-corrected chi connectivity index (χ3v) is 4.73. The molecule has 24 heavy (non-hydrogen) atoms. The zero-order valence-corrected chi connectivity index (χ0v) is 16.2. The number of ether oxygens (including phenoxy) is 2. The lowest BCUT2D eigenvalue weighted by Gasteiger charge is -2.20. The molecule has 0 spiro atoms. The third-order valence-electron chi connectivity index (χ3n) is 4.14.